The second-order valence-corrected chi connectivity index (χ2v) is 2.66. The van der Waals surface area contributed by atoms with Crippen molar-refractivity contribution in [1.82, 2.24) is 4.98 Å². The minimum Gasteiger partial charge on any atom is -0.480 e. The number of methoxy groups -OCH3 is 1. The predicted molar refractivity (Wildman–Crippen MR) is 46.4 cm³/mol. The zero-order chi connectivity index (χ0) is 9.84. The second kappa shape index (κ2) is 4.08. The highest BCUT2D eigenvalue weighted by Crippen LogP contribution is 2.24. The number of pyridine rings is 1. The van der Waals surface area contributed by atoms with Gasteiger partial charge in [-0.05, 0) is 6.07 Å². The molecule has 0 spiro atoms. The van der Waals surface area contributed by atoms with E-state index in [-0.39, 0.29) is 23.2 Å². The smallest absolute Gasteiger partial charge is 0.233 e. The van der Waals surface area contributed by atoms with E-state index in [2.05, 4.69) is 4.98 Å². The zero-order valence-electron chi connectivity index (χ0n) is 6.91. The lowest BCUT2D eigenvalue weighted by molar-refractivity contribution is 0.280. The van der Waals surface area contributed by atoms with Gasteiger partial charge in [-0.3, -0.25) is 0 Å². The van der Waals surface area contributed by atoms with Crippen molar-refractivity contribution in [1.29, 1.82) is 5.26 Å². The predicted octanol–water partition coefficient (Wildman–Crippen LogP) is 1.11. The maximum absolute atomic E-state index is 8.85. The number of hydrogen-bond donors (Lipinski definition) is 1. The third-order valence-corrected chi connectivity index (χ3v) is 1.76. The van der Waals surface area contributed by atoms with Crippen LogP contribution in [0.3, 0.4) is 0 Å². The van der Waals surface area contributed by atoms with E-state index in [1.165, 1.54) is 13.2 Å². The molecule has 0 aromatic carbocycles. The molecule has 1 rings (SSSR count). The number of nitrogens with zero attached hydrogens (tertiary/aromatic N) is 2. The van der Waals surface area contributed by atoms with E-state index < -0.39 is 0 Å². The average Bonchev–Trinajstić information content (AvgIpc) is 2.17. The van der Waals surface area contributed by atoms with Crippen LogP contribution in [0.2, 0.25) is 5.02 Å². The molecule has 0 aliphatic rings. The Morgan fingerprint density at radius 1 is 1.77 bits per heavy atom. The van der Waals surface area contributed by atoms with E-state index in [1.807, 2.05) is 6.07 Å². The fourth-order valence-electron chi connectivity index (χ4n) is 0.870. The van der Waals surface area contributed by atoms with E-state index in [0.29, 0.717) is 5.56 Å². The summed E-state index contributed by atoms with van der Waals surface area (Å²) in [6.07, 6.45) is 0. The van der Waals surface area contributed by atoms with Crippen LogP contribution < -0.4 is 4.74 Å². The van der Waals surface area contributed by atoms with Gasteiger partial charge in [-0.25, -0.2) is 4.98 Å². The van der Waals surface area contributed by atoms with E-state index in [9.17, 15) is 0 Å². The molecule has 13 heavy (non-hydrogen) atoms. The van der Waals surface area contributed by atoms with Gasteiger partial charge in [0, 0.05) is 5.56 Å². The Bertz CT molecular complexity index is 360. The van der Waals surface area contributed by atoms with E-state index in [0.717, 1.165) is 0 Å². The molecule has 0 bridgehead atoms. The Balaban J connectivity index is 3.28. The molecule has 0 atom stereocenters. The van der Waals surface area contributed by atoms with Crippen LogP contribution in [-0.2, 0) is 6.61 Å². The van der Waals surface area contributed by atoms with Crippen molar-refractivity contribution in [2.24, 2.45) is 0 Å². The van der Waals surface area contributed by atoms with Gasteiger partial charge >= 0.3 is 0 Å². The van der Waals surface area contributed by atoms with Gasteiger partial charge in [0.1, 0.15) is 16.8 Å². The molecule has 0 saturated heterocycles. The first-order valence-corrected chi connectivity index (χ1v) is 3.85. The molecule has 1 N–H and O–H groups in total. The van der Waals surface area contributed by atoms with Crippen molar-refractivity contribution in [3.05, 3.63) is 22.3 Å². The van der Waals surface area contributed by atoms with E-state index in [4.69, 9.17) is 26.7 Å². The summed E-state index contributed by atoms with van der Waals surface area (Å²) in [5.74, 6) is 0.190. The molecule has 1 aromatic heterocycles. The topological polar surface area (TPSA) is 66.1 Å². The maximum atomic E-state index is 8.85. The van der Waals surface area contributed by atoms with Crippen molar-refractivity contribution in [3.8, 4) is 11.9 Å². The molecule has 0 aliphatic carbocycles. The fourth-order valence-corrected chi connectivity index (χ4v) is 1.12. The van der Waals surface area contributed by atoms with Gasteiger partial charge in [0.15, 0.2) is 0 Å². The lowest BCUT2D eigenvalue weighted by Crippen LogP contribution is -1.97. The van der Waals surface area contributed by atoms with Crippen molar-refractivity contribution in [2.75, 3.05) is 7.11 Å². The lowest BCUT2D eigenvalue weighted by atomic mass is 10.2. The molecule has 0 unspecified atom stereocenters. The number of rotatable bonds is 2. The van der Waals surface area contributed by atoms with Crippen LogP contribution in [0.5, 0.6) is 5.88 Å². The zero-order valence-corrected chi connectivity index (χ0v) is 7.67. The number of aromatic nitrogens is 1. The van der Waals surface area contributed by atoms with Crippen LogP contribution in [0.25, 0.3) is 0 Å². The number of halogens is 1. The molecular formula is C8H7ClN2O2. The summed E-state index contributed by atoms with van der Waals surface area (Å²) in [7, 11) is 1.41. The van der Waals surface area contributed by atoms with Gasteiger partial charge in [-0.1, -0.05) is 11.6 Å². The summed E-state index contributed by atoms with van der Waals surface area (Å²) >= 11 is 5.73. The first kappa shape index (κ1) is 9.78. The minimum absolute atomic E-state index is 0.128. The van der Waals surface area contributed by atoms with Crippen LogP contribution in [0, 0.1) is 11.3 Å². The van der Waals surface area contributed by atoms with Gasteiger partial charge in [-0.15, -0.1) is 0 Å². The maximum Gasteiger partial charge on any atom is 0.233 e. The summed E-state index contributed by atoms with van der Waals surface area (Å²) in [6, 6.07) is 3.30. The van der Waals surface area contributed by atoms with Crippen molar-refractivity contribution in [3.63, 3.8) is 0 Å². The Morgan fingerprint density at radius 3 is 2.92 bits per heavy atom. The lowest BCUT2D eigenvalue weighted by Gasteiger charge is -2.04. The largest absolute Gasteiger partial charge is 0.480 e. The fraction of sp³-hybridized carbons (Fsp3) is 0.250. The molecule has 0 saturated carbocycles. The van der Waals surface area contributed by atoms with Gasteiger partial charge in [-0.2, -0.15) is 5.26 Å². The van der Waals surface area contributed by atoms with Gasteiger partial charge in [0.05, 0.1) is 13.7 Å². The SMILES string of the molecule is COc1nc(C#N)c(CO)cc1Cl. The van der Waals surface area contributed by atoms with Crippen LogP contribution in [0.15, 0.2) is 6.07 Å². The molecule has 1 heterocycles. The number of ether oxygens (including phenoxy) is 1. The number of hydrogen-bond acceptors (Lipinski definition) is 4. The van der Waals surface area contributed by atoms with Crippen LogP contribution in [0.1, 0.15) is 11.3 Å². The summed E-state index contributed by atoms with van der Waals surface area (Å²) < 4.78 is 4.81. The second-order valence-electron chi connectivity index (χ2n) is 2.26. The van der Waals surface area contributed by atoms with Crippen molar-refractivity contribution in [2.45, 2.75) is 6.61 Å². The average molecular weight is 199 g/mol. The quantitative estimate of drug-likeness (QED) is 0.773. The van der Waals surface area contributed by atoms with Crippen molar-refractivity contribution >= 4 is 11.6 Å². The summed E-state index contributed by atoms with van der Waals surface area (Å²) in [5, 5.41) is 17.8. The molecule has 0 radical (unpaired) electrons. The molecule has 0 amide bonds. The molecule has 0 fully saturated rings. The Morgan fingerprint density at radius 2 is 2.46 bits per heavy atom. The van der Waals surface area contributed by atoms with Crippen molar-refractivity contribution < 1.29 is 9.84 Å². The van der Waals surface area contributed by atoms with Crippen LogP contribution >= 0.6 is 11.6 Å². The van der Waals surface area contributed by atoms with Gasteiger partial charge in [0.25, 0.3) is 0 Å². The first-order chi connectivity index (χ1) is 6.22. The normalized spacial score (nSPS) is 9.38. The summed E-state index contributed by atoms with van der Waals surface area (Å²) in [5.41, 5.74) is 0.525. The highest BCUT2D eigenvalue weighted by Gasteiger charge is 2.09. The molecule has 0 aliphatic heterocycles. The highest BCUT2D eigenvalue weighted by molar-refractivity contribution is 6.31. The molecule has 1 aromatic rings. The number of aliphatic hydroxyl groups is 1. The number of aliphatic hydroxyl groups excluding tert-OH is 1. The summed E-state index contributed by atoms with van der Waals surface area (Å²) in [4.78, 5) is 3.80. The molecule has 4 nitrogen and oxygen atoms in total. The third-order valence-electron chi connectivity index (χ3n) is 1.49. The highest BCUT2D eigenvalue weighted by atomic mass is 35.5. The Labute approximate surface area is 80.3 Å². The number of nitriles is 1. The standard InChI is InChI=1S/C8H7ClN2O2/c1-13-8-6(9)2-5(4-12)7(3-10)11-8/h2,12H,4H2,1H3. The first-order valence-electron chi connectivity index (χ1n) is 3.47. The van der Waals surface area contributed by atoms with E-state index >= 15 is 0 Å². The Kier molecular flexibility index (Phi) is 3.07. The third kappa shape index (κ3) is 1.89. The minimum atomic E-state index is -0.264. The monoisotopic (exact) mass is 198 g/mol. The van der Waals surface area contributed by atoms with Crippen LogP contribution in [0.4, 0.5) is 0 Å². The van der Waals surface area contributed by atoms with E-state index in [1.54, 1.807) is 0 Å². The molecule has 68 valence electrons. The molecular weight excluding hydrogens is 192 g/mol. The van der Waals surface area contributed by atoms with Gasteiger partial charge < -0.3 is 9.84 Å². The van der Waals surface area contributed by atoms with Crippen LogP contribution in [-0.4, -0.2) is 17.2 Å². The summed E-state index contributed by atoms with van der Waals surface area (Å²) in [6.45, 7) is -0.264. The Hall–Kier alpha value is -1.31. The molecule has 5 heteroatoms. The van der Waals surface area contributed by atoms with Gasteiger partial charge in [0.2, 0.25) is 5.88 Å².